The van der Waals surface area contributed by atoms with E-state index in [4.69, 9.17) is 57.1 Å². The Hall–Kier alpha value is -0.760. The van der Waals surface area contributed by atoms with Crippen molar-refractivity contribution in [3.63, 3.8) is 0 Å². The molecule has 0 amide bonds. The maximum absolute atomic E-state index is 11.2. The molecule has 19 heteroatoms. The van der Waals surface area contributed by atoms with Gasteiger partial charge in [0.25, 0.3) is 0 Å². The van der Waals surface area contributed by atoms with E-state index in [1.165, 1.54) is 0 Å². The van der Waals surface area contributed by atoms with Gasteiger partial charge in [0.2, 0.25) is 0 Å². The summed E-state index contributed by atoms with van der Waals surface area (Å²) in [6, 6.07) is -4.13. The first kappa shape index (κ1) is 36.1. The van der Waals surface area contributed by atoms with Crippen molar-refractivity contribution in [1.82, 2.24) is 4.90 Å². The molecule has 3 heterocycles. The number of nitrogens with zero attached hydrogens (tertiary/aromatic N) is 1. The lowest BCUT2D eigenvalue weighted by Gasteiger charge is -2.47. The fraction of sp³-hybridized carbons (Fsp3) is 1.00. The van der Waals surface area contributed by atoms with E-state index in [9.17, 15) is 35.7 Å². The van der Waals surface area contributed by atoms with Crippen LogP contribution in [0.4, 0.5) is 0 Å². The van der Waals surface area contributed by atoms with E-state index >= 15 is 0 Å². The number of nitrogens with two attached hydrogens (primary N) is 5. The van der Waals surface area contributed by atoms with Gasteiger partial charge in [0.05, 0.1) is 24.8 Å². The van der Waals surface area contributed by atoms with Gasteiger partial charge < -0.3 is 97.7 Å². The minimum atomic E-state index is -1.60. The average Bonchev–Trinajstić information content (AvgIpc) is 3.27. The minimum absolute atomic E-state index is 0.104. The average molecular weight is 643 g/mol. The topological polar surface area (TPSA) is 330 Å². The van der Waals surface area contributed by atoms with Gasteiger partial charge in [0.1, 0.15) is 67.1 Å². The van der Waals surface area contributed by atoms with Crippen molar-refractivity contribution >= 4 is 0 Å². The number of ether oxygens (including phenoxy) is 6. The van der Waals surface area contributed by atoms with Crippen LogP contribution in [-0.2, 0) is 28.4 Å². The third-order valence-corrected chi connectivity index (χ3v) is 8.68. The zero-order chi connectivity index (χ0) is 32.6. The first-order chi connectivity index (χ1) is 20.7. The molecule has 0 radical (unpaired) electrons. The fourth-order valence-corrected chi connectivity index (χ4v) is 6.06. The zero-order valence-electron chi connectivity index (χ0n) is 24.7. The van der Waals surface area contributed by atoms with E-state index in [1.807, 2.05) is 0 Å². The Morgan fingerprint density at radius 3 is 1.66 bits per heavy atom. The van der Waals surface area contributed by atoms with E-state index in [-0.39, 0.29) is 19.5 Å². The molecule has 4 fully saturated rings. The molecule has 0 spiro atoms. The second kappa shape index (κ2) is 15.0. The largest absolute Gasteiger partial charge is 0.394 e. The summed E-state index contributed by atoms with van der Waals surface area (Å²) in [6.45, 7) is -0.567. The van der Waals surface area contributed by atoms with E-state index in [1.54, 1.807) is 19.0 Å². The van der Waals surface area contributed by atoms with Crippen LogP contribution >= 0.6 is 0 Å². The smallest absolute Gasteiger partial charge is 0.187 e. The molecule has 258 valence electrons. The van der Waals surface area contributed by atoms with Crippen molar-refractivity contribution in [2.45, 2.75) is 123 Å². The van der Waals surface area contributed by atoms with Crippen LogP contribution in [0.15, 0.2) is 0 Å². The molecular weight excluding hydrogens is 592 g/mol. The number of aliphatic hydroxyl groups is 7. The van der Waals surface area contributed by atoms with Crippen LogP contribution in [0.5, 0.6) is 0 Å². The number of hydrogen-bond donors (Lipinski definition) is 12. The van der Waals surface area contributed by atoms with Crippen molar-refractivity contribution in [3.05, 3.63) is 0 Å². The molecule has 3 saturated heterocycles. The molecule has 19 atom stereocenters. The second-order valence-corrected chi connectivity index (χ2v) is 12.3. The van der Waals surface area contributed by atoms with Gasteiger partial charge in [-0.05, 0) is 20.5 Å². The van der Waals surface area contributed by atoms with Crippen molar-refractivity contribution < 1.29 is 64.2 Å². The summed E-state index contributed by atoms with van der Waals surface area (Å²) in [7, 11) is 3.51. The van der Waals surface area contributed by atoms with E-state index in [0.717, 1.165) is 0 Å². The van der Waals surface area contributed by atoms with Crippen LogP contribution in [0, 0.1) is 0 Å². The minimum Gasteiger partial charge on any atom is -0.394 e. The summed E-state index contributed by atoms with van der Waals surface area (Å²) in [6.07, 6.45) is -19.4. The summed E-state index contributed by atoms with van der Waals surface area (Å²) in [5, 5.41) is 73.8. The van der Waals surface area contributed by atoms with Gasteiger partial charge in [0.15, 0.2) is 18.9 Å². The molecule has 1 aliphatic carbocycles. The Kier molecular flexibility index (Phi) is 12.3. The van der Waals surface area contributed by atoms with Crippen molar-refractivity contribution in [2.24, 2.45) is 28.7 Å². The molecule has 4 rings (SSSR count). The van der Waals surface area contributed by atoms with Crippen LogP contribution in [0.1, 0.15) is 6.42 Å². The normalized spacial score (nSPS) is 52.0. The monoisotopic (exact) mass is 642 g/mol. The summed E-state index contributed by atoms with van der Waals surface area (Å²) < 4.78 is 35.1. The number of rotatable bonds is 10. The third kappa shape index (κ3) is 7.36. The highest BCUT2D eigenvalue weighted by atomic mass is 16.8. The molecule has 0 aromatic heterocycles. The molecule has 0 aromatic carbocycles. The van der Waals surface area contributed by atoms with Crippen LogP contribution in [0.3, 0.4) is 0 Å². The lowest BCUT2D eigenvalue weighted by Crippen LogP contribution is -2.68. The van der Waals surface area contributed by atoms with Gasteiger partial charge in [-0.15, -0.1) is 0 Å². The van der Waals surface area contributed by atoms with E-state index < -0.39 is 123 Å². The maximum Gasteiger partial charge on any atom is 0.187 e. The molecule has 19 nitrogen and oxygen atoms in total. The Morgan fingerprint density at radius 2 is 1.11 bits per heavy atom. The highest BCUT2D eigenvalue weighted by Gasteiger charge is 2.54. The number of hydrogen-bond acceptors (Lipinski definition) is 19. The quantitative estimate of drug-likeness (QED) is 0.105. The summed E-state index contributed by atoms with van der Waals surface area (Å²) in [4.78, 5) is 1.74. The lowest BCUT2D eigenvalue weighted by molar-refractivity contribution is -0.308. The molecular formula is C25H50N6O13. The van der Waals surface area contributed by atoms with Crippen molar-refractivity contribution in [3.8, 4) is 0 Å². The molecule has 17 N–H and O–H groups in total. The standard InChI is InChI=1S/C25H50N6O13/c1-31(2)5-10-16(35)18(37)13(30)24(40-10)42-20-8(28)3-7(27)14(33)22(20)44-25-19(38)21(11(6-32)41-25)43-23-12(29)17(36)15(34)9(4-26)39-23/h7-25,32-38H,3-6,26-30H2,1-2H3/t7-,8+,9+,10-,11-,12-,13-,14+,15-,16-,17-,18-,19-,20-,21-,22-,23-,24-,25+/m1/s1. The molecule has 0 unspecified atom stereocenters. The summed E-state index contributed by atoms with van der Waals surface area (Å²) >= 11 is 0. The summed E-state index contributed by atoms with van der Waals surface area (Å²) in [5.74, 6) is 0. The molecule has 0 aromatic rings. The Labute approximate surface area is 254 Å². The fourth-order valence-electron chi connectivity index (χ4n) is 6.06. The van der Waals surface area contributed by atoms with Crippen LogP contribution < -0.4 is 28.7 Å². The van der Waals surface area contributed by atoms with Gasteiger partial charge in [-0.3, -0.25) is 0 Å². The Morgan fingerprint density at radius 1 is 0.614 bits per heavy atom. The van der Waals surface area contributed by atoms with Gasteiger partial charge in [0, 0.05) is 25.2 Å². The highest BCUT2D eigenvalue weighted by Crippen LogP contribution is 2.34. The molecule has 1 saturated carbocycles. The zero-order valence-corrected chi connectivity index (χ0v) is 24.7. The second-order valence-electron chi connectivity index (χ2n) is 12.3. The van der Waals surface area contributed by atoms with E-state index in [2.05, 4.69) is 0 Å². The first-order valence-corrected chi connectivity index (χ1v) is 14.7. The number of likely N-dealkylation sites (N-methyl/N-ethyl adjacent to an activating group) is 1. The SMILES string of the molecule is CN(C)C[C@H]1O[C@H](O[C@H]2[C@H](O[C@@H]3O[C@H](CO)[C@@H](O[C@H]4O[C@@H](CN)[C@@H](O)[C@H](O)[C@H]4N)[C@H]3O)[C@@H](O)[C@H](N)C[C@@H]2N)[C@H](N)[C@@H](O)[C@@H]1O. The van der Waals surface area contributed by atoms with Crippen LogP contribution in [0.2, 0.25) is 0 Å². The van der Waals surface area contributed by atoms with Crippen molar-refractivity contribution in [2.75, 3.05) is 33.8 Å². The third-order valence-electron chi connectivity index (χ3n) is 8.68. The number of aliphatic hydroxyl groups excluding tert-OH is 7. The molecule has 3 aliphatic heterocycles. The predicted molar refractivity (Wildman–Crippen MR) is 148 cm³/mol. The Balaban J connectivity index is 1.50. The van der Waals surface area contributed by atoms with Gasteiger partial charge in [-0.2, -0.15) is 0 Å². The first-order valence-electron chi connectivity index (χ1n) is 14.7. The summed E-state index contributed by atoms with van der Waals surface area (Å²) in [5.41, 5.74) is 30.3. The lowest BCUT2D eigenvalue weighted by atomic mass is 9.84. The highest BCUT2D eigenvalue weighted by molar-refractivity contribution is 5.02. The van der Waals surface area contributed by atoms with Gasteiger partial charge >= 0.3 is 0 Å². The molecule has 4 aliphatic rings. The van der Waals surface area contributed by atoms with Gasteiger partial charge in [-0.1, -0.05) is 0 Å². The van der Waals surface area contributed by atoms with Gasteiger partial charge in [-0.25, -0.2) is 0 Å². The van der Waals surface area contributed by atoms with Crippen LogP contribution in [-0.4, -0.2) is 191 Å². The predicted octanol–water partition coefficient (Wildman–Crippen LogP) is -8.29. The Bertz CT molecular complexity index is 915. The molecule has 0 bridgehead atoms. The van der Waals surface area contributed by atoms with E-state index in [0.29, 0.717) is 0 Å². The van der Waals surface area contributed by atoms with Crippen molar-refractivity contribution in [1.29, 1.82) is 0 Å². The maximum atomic E-state index is 11.2. The molecule has 44 heavy (non-hydrogen) atoms. The van der Waals surface area contributed by atoms with Crippen LogP contribution in [0.25, 0.3) is 0 Å².